The van der Waals surface area contributed by atoms with Gasteiger partial charge in [-0.3, -0.25) is 0 Å². The largest absolute Gasteiger partial charge is 0.370 e. The third kappa shape index (κ3) is 2.82. The van der Waals surface area contributed by atoms with Crippen LogP contribution in [0.3, 0.4) is 0 Å². The van der Waals surface area contributed by atoms with Crippen molar-refractivity contribution in [3.63, 3.8) is 0 Å². The number of benzene rings is 1. The SMILES string of the molecule is CNc1nc2ccccc2nc1NCC1CCCCN1. The summed E-state index contributed by atoms with van der Waals surface area (Å²) in [4.78, 5) is 9.27. The van der Waals surface area contributed by atoms with Gasteiger partial charge in [0.1, 0.15) is 0 Å². The van der Waals surface area contributed by atoms with Crippen LogP contribution in [0.1, 0.15) is 19.3 Å². The van der Waals surface area contributed by atoms with Crippen molar-refractivity contribution in [1.29, 1.82) is 0 Å². The average molecular weight is 271 g/mol. The van der Waals surface area contributed by atoms with Gasteiger partial charge in [0.25, 0.3) is 0 Å². The minimum Gasteiger partial charge on any atom is -0.370 e. The molecule has 1 aliphatic rings. The Morgan fingerprint density at radius 2 is 1.90 bits per heavy atom. The fraction of sp³-hybridized carbons (Fsp3) is 0.467. The number of rotatable bonds is 4. The van der Waals surface area contributed by atoms with Gasteiger partial charge in [-0.25, -0.2) is 9.97 Å². The van der Waals surface area contributed by atoms with Crippen LogP contribution < -0.4 is 16.0 Å². The molecule has 106 valence electrons. The Bertz CT molecular complexity index is 577. The zero-order valence-electron chi connectivity index (χ0n) is 11.8. The maximum Gasteiger partial charge on any atom is 0.169 e. The standard InChI is InChI=1S/C15H21N5/c1-16-14-15(18-10-11-6-4-5-9-17-11)20-13-8-3-2-7-12(13)19-14/h2-3,7-8,11,17H,4-6,9-10H2,1H3,(H,16,19)(H,18,20). The third-order valence-corrected chi connectivity index (χ3v) is 3.74. The van der Waals surface area contributed by atoms with E-state index in [1.807, 2.05) is 31.3 Å². The first-order valence-electron chi connectivity index (χ1n) is 7.28. The molecule has 3 N–H and O–H groups in total. The van der Waals surface area contributed by atoms with Crippen LogP contribution in [0, 0.1) is 0 Å². The van der Waals surface area contributed by atoms with Gasteiger partial charge in [0.05, 0.1) is 11.0 Å². The average Bonchev–Trinajstić information content (AvgIpc) is 2.53. The normalized spacial score (nSPS) is 18.9. The highest BCUT2D eigenvalue weighted by atomic mass is 15.1. The summed E-state index contributed by atoms with van der Waals surface area (Å²) in [5.41, 5.74) is 1.84. The number of aromatic nitrogens is 2. The van der Waals surface area contributed by atoms with E-state index in [2.05, 4.69) is 25.9 Å². The van der Waals surface area contributed by atoms with Crippen molar-refractivity contribution in [3.8, 4) is 0 Å². The summed E-state index contributed by atoms with van der Waals surface area (Å²) in [5.74, 6) is 1.64. The van der Waals surface area contributed by atoms with Gasteiger partial charge in [0, 0.05) is 19.6 Å². The van der Waals surface area contributed by atoms with Gasteiger partial charge in [-0.2, -0.15) is 0 Å². The second kappa shape index (κ2) is 6.05. The Balaban J connectivity index is 1.78. The smallest absolute Gasteiger partial charge is 0.169 e. The molecule has 0 spiro atoms. The summed E-state index contributed by atoms with van der Waals surface area (Å²) in [5, 5.41) is 10.1. The minimum atomic E-state index is 0.529. The zero-order valence-corrected chi connectivity index (χ0v) is 11.8. The van der Waals surface area contributed by atoms with Crippen LogP contribution in [-0.2, 0) is 0 Å². The molecule has 0 saturated carbocycles. The van der Waals surface area contributed by atoms with E-state index in [-0.39, 0.29) is 0 Å². The molecular weight excluding hydrogens is 250 g/mol. The molecule has 1 aromatic heterocycles. The molecule has 1 atom stereocenters. The molecule has 20 heavy (non-hydrogen) atoms. The molecule has 0 amide bonds. The van der Waals surface area contributed by atoms with Crippen molar-refractivity contribution in [3.05, 3.63) is 24.3 Å². The van der Waals surface area contributed by atoms with E-state index >= 15 is 0 Å². The maximum atomic E-state index is 4.67. The van der Waals surface area contributed by atoms with Crippen molar-refractivity contribution in [2.45, 2.75) is 25.3 Å². The molecule has 2 heterocycles. The molecular formula is C15H21N5. The number of hydrogen-bond acceptors (Lipinski definition) is 5. The lowest BCUT2D eigenvalue weighted by molar-refractivity contribution is 0.414. The summed E-state index contributed by atoms with van der Waals surface area (Å²) in [7, 11) is 1.88. The lowest BCUT2D eigenvalue weighted by Gasteiger charge is -2.24. The van der Waals surface area contributed by atoms with Crippen molar-refractivity contribution in [2.75, 3.05) is 30.8 Å². The van der Waals surface area contributed by atoms with E-state index in [0.29, 0.717) is 6.04 Å². The highest BCUT2D eigenvalue weighted by molar-refractivity contribution is 5.80. The monoisotopic (exact) mass is 271 g/mol. The van der Waals surface area contributed by atoms with Crippen LogP contribution in [0.5, 0.6) is 0 Å². The van der Waals surface area contributed by atoms with E-state index in [1.54, 1.807) is 0 Å². The molecule has 1 fully saturated rings. The van der Waals surface area contributed by atoms with Gasteiger partial charge in [0.2, 0.25) is 0 Å². The molecule has 0 aliphatic carbocycles. The van der Waals surface area contributed by atoms with E-state index in [0.717, 1.165) is 35.8 Å². The summed E-state index contributed by atoms with van der Waals surface area (Å²) in [6.07, 6.45) is 3.82. The van der Waals surface area contributed by atoms with Gasteiger partial charge in [-0.05, 0) is 31.5 Å². The summed E-state index contributed by atoms with van der Waals surface area (Å²) < 4.78 is 0. The predicted molar refractivity (Wildman–Crippen MR) is 83.2 cm³/mol. The third-order valence-electron chi connectivity index (χ3n) is 3.74. The number of fused-ring (bicyclic) bond motifs is 1. The number of piperidine rings is 1. The minimum absolute atomic E-state index is 0.529. The lowest BCUT2D eigenvalue weighted by Crippen LogP contribution is -2.39. The lowest BCUT2D eigenvalue weighted by atomic mass is 10.1. The number of anilines is 2. The Morgan fingerprint density at radius 1 is 1.15 bits per heavy atom. The van der Waals surface area contributed by atoms with E-state index in [9.17, 15) is 0 Å². The summed E-state index contributed by atoms with van der Waals surface area (Å²) in [6.45, 7) is 2.01. The molecule has 1 saturated heterocycles. The van der Waals surface area contributed by atoms with Crippen LogP contribution in [0.4, 0.5) is 11.6 Å². The van der Waals surface area contributed by atoms with Crippen LogP contribution in [-0.4, -0.2) is 36.1 Å². The first-order chi connectivity index (χ1) is 9.86. The van der Waals surface area contributed by atoms with E-state index < -0.39 is 0 Å². The Labute approximate surface area is 119 Å². The quantitative estimate of drug-likeness (QED) is 0.796. The van der Waals surface area contributed by atoms with Gasteiger partial charge in [-0.15, -0.1) is 0 Å². The Hall–Kier alpha value is -1.88. The summed E-state index contributed by atoms with van der Waals surface area (Å²) in [6, 6.07) is 8.47. The molecule has 2 aromatic rings. The first kappa shape index (κ1) is 13.1. The second-order valence-electron chi connectivity index (χ2n) is 5.19. The molecule has 5 heteroatoms. The predicted octanol–water partition coefficient (Wildman–Crippen LogP) is 2.23. The molecule has 5 nitrogen and oxygen atoms in total. The highest BCUT2D eigenvalue weighted by Gasteiger charge is 2.14. The number of nitrogens with zero attached hydrogens (tertiary/aromatic N) is 2. The summed E-state index contributed by atoms with van der Waals surface area (Å²) >= 11 is 0. The topological polar surface area (TPSA) is 61.9 Å². The molecule has 1 aliphatic heterocycles. The van der Waals surface area contributed by atoms with Gasteiger partial charge >= 0.3 is 0 Å². The van der Waals surface area contributed by atoms with E-state index in [1.165, 1.54) is 19.3 Å². The number of para-hydroxylation sites is 2. The first-order valence-corrected chi connectivity index (χ1v) is 7.28. The molecule has 0 radical (unpaired) electrons. The maximum absolute atomic E-state index is 4.67. The van der Waals surface area contributed by atoms with Crippen molar-refractivity contribution in [1.82, 2.24) is 15.3 Å². The van der Waals surface area contributed by atoms with Crippen LogP contribution in [0.25, 0.3) is 11.0 Å². The van der Waals surface area contributed by atoms with Crippen LogP contribution in [0.15, 0.2) is 24.3 Å². The van der Waals surface area contributed by atoms with Crippen molar-refractivity contribution >= 4 is 22.7 Å². The van der Waals surface area contributed by atoms with Gasteiger partial charge in [0.15, 0.2) is 11.6 Å². The molecule has 1 aromatic carbocycles. The number of nitrogens with one attached hydrogen (secondary N) is 3. The molecule has 0 bridgehead atoms. The fourth-order valence-electron chi connectivity index (χ4n) is 2.62. The second-order valence-corrected chi connectivity index (χ2v) is 5.19. The van der Waals surface area contributed by atoms with Gasteiger partial charge in [-0.1, -0.05) is 18.6 Å². The Morgan fingerprint density at radius 3 is 2.55 bits per heavy atom. The Kier molecular flexibility index (Phi) is 3.97. The fourth-order valence-corrected chi connectivity index (χ4v) is 2.62. The van der Waals surface area contributed by atoms with Crippen molar-refractivity contribution in [2.24, 2.45) is 0 Å². The van der Waals surface area contributed by atoms with Crippen LogP contribution in [0.2, 0.25) is 0 Å². The van der Waals surface area contributed by atoms with Crippen molar-refractivity contribution < 1.29 is 0 Å². The van der Waals surface area contributed by atoms with E-state index in [4.69, 9.17) is 0 Å². The van der Waals surface area contributed by atoms with Crippen LogP contribution >= 0.6 is 0 Å². The molecule has 1 unspecified atom stereocenters. The van der Waals surface area contributed by atoms with Gasteiger partial charge < -0.3 is 16.0 Å². The molecule has 3 rings (SSSR count). The zero-order chi connectivity index (χ0) is 13.8. The highest BCUT2D eigenvalue weighted by Crippen LogP contribution is 2.21. The number of hydrogen-bond donors (Lipinski definition) is 3.